The number of fused-ring (bicyclic) bond motifs is 1. The van der Waals surface area contributed by atoms with Gasteiger partial charge in [0.15, 0.2) is 9.84 Å². The number of pyridine rings is 1. The fourth-order valence-corrected chi connectivity index (χ4v) is 2.69. The lowest BCUT2D eigenvalue weighted by molar-refractivity contribution is 0.602. The van der Waals surface area contributed by atoms with E-state index in [0.717, 1.165) is 9.86 Å². The van der Waals surface area contributed by atoms with Gasteiger partial charge in [-0.1, -0.05) is 22.0 Å². The van der Waals surface area contributed by atoms with Gasteiger partial charge in [0.1, 0.15) is 0 Å². The normalized spacial score (nSPS) is 11.9. The van der Waals surface area contributed by atoms with Crippen LogP contribution >= 0.6 is 15.9 Å². The molecule has 0 saturated heterocycles. The molecule has 0 amide bonds. The van der Waals surface area contributed by atoms with Crippen molar-refractivity contribution in [1.29, 1.82) is 0 Å². The zero-order valence-electron chi connectivity index (χ0n) is 7.94. The maximum absolute atomic E-state index is 11.5. The molecule has 0 saturated carbocycles. The molecule has 78 valence electrons. The summed E-state index contributed by atoms with van der Waals surface area (Å²) in [5.41, 5.74) is 0.509. The smallest absolute Gasteiger partial charge is 0.177 e. The molecular formula is C10H8BrNO2S. The molecule has 0 N–H and O–H groups in total. The van der Waals surface area contributed by atoms with E-state index in [0.29, 0.717) is 5.52 Å². The molecule has 0 atom stereocenters. The van der Waals surface area contributed by atoms with Crippen molar-refractivity contribution in [3.8, 4) is 0 Å². The van der Waals surface area contributed by atoms with Crippen LogP contribution in [0, 0.1) is 0 Å². The number of aromatic nitrogens is 1. The van der Waals surface area contributed by atoms with Crippen molar-refractivity contribution in [2.45, 2.75) is 4.90 Å². The van der Waals surface area contributed by atoms with Crippen LogP contribution in [0.15, 0.2) is 39.8 Å². The first-order chi connectivity index (χ1) is 7.00. The SMILES string of the molecule is CS(=O)(=O)c1ccc(Br)c2cccnc12. The van der Waals surface area contributed by atoms with Crippen molar-refractivity contribution in [1.82, 2.24) is 4.98 Å². The number of hydrogen-bond acceptors (Lipinski definition) is 3. The Morgan fingerprint density at radius 1 is 1.27 bits per heavy atom. The Bertz CT molecular complexity index is 622. The summed E-state index contributed by atoms with van der Waals surface area (Å²) in [4.78, 5) is 4.36. The minimum atomic E-state index is -3.23. The van der Waals surface area contributed by atoms with E-state index in [2.05, 4.69) is 20.9 Å². The molecule has 5 heteroatoms. The van der Waals surface area contributed by atoms with Crippen LogP contribution < -0.4 is 0 Å². The average Bonchev–Trinajstić information content (AvgIpc) is 2.17. The number of sulfone groups is 1. The van der Waals surface area contributed by atoms with Crippen molar-refractivity contribution in [3.63, 3.8) is 0 Å². The quantitative estimate of drug-likeness (QED) is 0.808. The molecule has 0 spiro atoms. The Hall–Kier alpha value is -0.940. The lowest BCUT2D eigenvalue weighted by atomic mass is 10.2. The Kier molecular flexibility index (Phi) is 2.52. The Balaban J connectivity index is 2.96. The standard InChI is InChI=1S/C10H8BrNO2S/c1-15(13,14)9-5-4-8(11)7-3-2-6-12-10(7)9/h2-6H,1H3. The third-order valence-corrected chi connectivity index (χ3v) is 3.90. The molecule has 2 aromatic rings. The maximum Gasteiger partial charge on any atom is 0.177 e. The lowest BCUT2D eigenvalue weighted by Crippen LogP contribution is -1.99. The zero-order chi connectivity index (χ0) is 11.1. The molecule has 2 rings (SSSR count). The van der Waals surface area contributed by atoms with E-state index < -0.39 is 9.84 Å². The predicted molar refractivity (Wildman–Crippen MR) is 62.6 cm³/mol. The van der Waals surface area contributed by atoms with E-state index in [-0.39, 0.29) is 4.90 Å². The van der Waals surface area contributed by atoms with Gasteiger partial charge in [-0.05, 0) is 18.2 Å². The average molecular weight is 286 g/mol. The molecule has 0 aliphatic rings. The highest BCUT2D eigenvalue weighted by Crippen LogP contribution is 2.27. The van der Waals surface area contributed by atoms with Gasteiger partial charge in [0.05, 0.1) is 10.4 Å². The zero-order valence-corrected chi connectivity index (χ0v) is 10.3. The fourth-order valence-electron chi connectivity index (χ4n) is 1.41. The van der Waals surface area contributed by atoms with Crippen LogP contribution in [0.3, 0.4) is 0 Å². The number of benzene rings is 1. The highest BCUT2D eigenvalue weighted by molar-refractivity contribution is 9.10. The van der Waals surface area contributed by atoms with E-state index in [9.17, 15) is 8.42 Å². The Morgan fingerprint density at radius 3 is 2.67 bits per heavy atom. The summed E-state index contributed by atoms with van der Waals surface area (Å²) in [7, 11) is -3.23. The van der Waals surface area contributed by atoms with E-state index in [1.54, 1.807) is 24.4 Å². The Morgan fingerprint density at radius 2 is 2.00 bits per heavy atom. The highest BCUT2D eigenvalue weighted by Gasteiger charge is 2.13. The third kappa shape index (κ3) is 1.89. The molecule has 0 radical (unpaired) electrons. The van der Waals surface area contributed by atoms with Gasteiger partial charge >= 0.3 is 0 Å². The highest BCUT2D eigenvalue weighted by atomic mass is 79.9. The third-order valence-electron chi connectivity index (χ3n) is 2.08. The molecule has 0 bridgehead atoms. The van der Waals surface area contributed by atoms with Crippen molar-refractivity contribution in [2.24, 2.45) is 0 Å². The van der Waals surface area contributed by atoms with E-state index >= 15 is 0 Å². The van der Waals surface area contributed by atoms with Gasteiger partial charge < -0.3 is 0 Å². The summed E-state index contributed by atoms with van der Waals surface area (Å²) >= 11 is 3.36. The minimum Gasteiger partial charge on any atom is -0.255 e. The van der Waals surface area contributed by atoms with Crippen LogP contribution in [0.2, 0.25) is 0 Å². The molecule has 1 aromatic heterocycles. The van der Waals surface area contributed by atoms with Crippen LogP contribution in [0.4, 0.5) is 0 Å². The van der Waals surface area contributed by atoms with Gasteiger partial charge in [0.2, 0.25) is 0 Å². The van der Waals surface area contributed by atoms with E-state index in [1.165, 1.54) is 6.26 Å². The summed E-state index contributed by atoms with van der Waals surface area (Å²) in [5, 5.41) is 0.806. The second-order valence-electron chi connectivity index (χ2n) is 3.22. The van der Waals surface area contributed by atoms with Gasteiger partial charge in [0.25, 0.3) is 0 Å². The molecule has 0 aliphatic heterocycles. The number of nitrogens with zero attached hydrogens (tertiary/aromatic N) is 1. The summed E-state index contributed by atoms with van der Waals surface area (Å²) in [6, 6.07) is 6.90. The van der Waals surface area contributed by atoms with Gasteiger partial charge in [0, 0.05) is 22.3 Å². The second kappa shape index (κ2) is 3.57. The topological polar surface area (TPSA) is 47.0 Å². The number of halogens is 1. The largest absolute Gasteiger partial charge is 0.255 e. The van der Waals surface area contributed by atoms with E-state index in [1.807, 2.05) is 6.07 Å². The number of hydrogen-bond donors (Lipinski definition) is 0. The van der Waals surface area contributed by atoms with Crippen LogP contribution in [0.5, 0.6) is 0 Å². The minimum absolute atomic E-state index is 0.265. The van der Waals surface area contributed by atoms with Crippen LogP contribution in [0.25, 0.3) is 10.9 Å². The molecule has 1 heterocycles. The second-order valence-corrected chi connectivity index (χ2v) is 6.06. The van der Waals surface area contributed by atoms with Crippen LogP contribution in [-0.4, -0.2) is 19.7 Å². The predicted octanol–water partition coefficient (Wildman–Crippen LogP) is 2.40. The van der Waals surface area contributed by atoms with Crippen molar-refractivity contribution < 1.29 is 8.42 Å². The first kappa shape index (κ1) is 10.6. The first-order valence-electron chi connectivity index (χ1n) is 4.23. The maximum atomic E-state index is 11.5. The van der Waals surface area contributed by atoms with E-state index in [4.69, 9.17) is 0 Å². The summed E-state index contributed by atoms with van der Waals surface area (Å²) in [5.74, 6) is 0. The Labute approximate surface area is 96.2 Å². The van der Waals surface area contributed by atoms with Crippen molar-refractivity contribution in [3.05, 3.63) is 34.9 Å². The van der Waals surface area contributed by atoms with Crippen molar-refractivity contribution >= 4 is 36.7 Å². The van der Waals surface area contributed by atoms with Gasteiger partial charge in [-0.3, -0.25) is 4.98 Å². The summed E-state index contributed by atoms with van der Waals surface area (Å²) in [6.45, 7) is 0. The summed E-state index contributed by atoms with van der Waals surface area (Å²) < 4.78 is 23.9. The summed E-state index contributed by atoms with van der Waals surface area (Å²) in [6.07, 6.45) is 2.77. The molecule has 0 unspecified atom stereocenters. The van der Waals surface area contributed by atoms with Gasteiger partial charge in [-0.2, -0.15) is 0 Å². The van der Waals surface area contributed by atoms with Crippen LogP contribution in [0.1, 0.15) is 0 Å². The van der Waals surface area contributed by atoms with Crippen molar-refractivity contribution in [2.75, 3.05) is 6.26 Å². The molecule has 3 nitrogen and oxygen atoms in total. The molecule has 0 fully saturated rings. The van der Waals surface area contributed by atoms with Gasteiger partial charge in [-0.25, -0.2) is 8.42 Å². The van der Waals surface area contributed by atoms with Crippen LogP contribution in [-0.2, 0) is 9.84 Å². The molecular weight excluding hydrogens is 278 g/mol. The fraction of sp³-hybridized carbons (Fsp3) is 0.100. The first-order valence-corrected chi connectivity index (χ1v) is 6.92. The monoisotopic (exact) mass is 285 g/mol. The molecule has 15 heavy (non-hydrogen) atoms. The number of rotatable bonds is 1. The lowest BCUT2D eigenvalue weighted by Gasteiger charge is -2.04. The molecule has 1 aromatic carbocycles. The van der Waals surface area contributed by atoms with Gasteiger partial charge in [-0.15, -0.1) is 0 Å². The molecule has 0 aliphatic carbocycles.